The topological polar surface area (TPSA) is 99.3 Å². The number of halogens is 1. The third kappa shape index (κ3) is 5.29. The van der Waals surface area contributed by atoms with E-state index in [1.54, 1.807) is 30.3 Å². The summed E-state index contributed by atoms with van der Waals surface area (Å²) >= 11 is 6.34. The average molecular weight is 542 g/mol. The Labute approximate surface area is 230 Å². The first-order valence-electron chi connectivity index (χ1n) is 12.8. The number of hydrogen-bond donors (Lipinski definition) is 2. The second kappa shape index (κ2) is 10.6. The van der Waals surface area contributed by atoms with E-state index < -0.39 is 0 Å². The molecule has 1 fully saturated rings. The van der Waals surface area contributed by atoms with E-state index in [0.717, 1.165) is 55.3 Å². The predicted octanol–water partition coefficient (Wildman–Crippen LogP) is 5.32. The summed E-state index contributed by atoms with van der Waals surface area (Å²) in [7, 11) is 1.78. The van der Waals surface area contributed by atoms with Crippen molar-refractivity contribution in [3.8, 4) is 0 Å². The van der Waals surface area contributed by atoms with Crippen LogP contribution >= 0.6 is 11.6 Å². The molecule has 3 heterocycles. The van der Waals surface area contributed by atoms with Crippen LogP contribution < -0.4 is 10.2 Å². The molecule has 0 unspecified atom stereocenters. The molecule has 0 bridgehead atoms. The van der Waals surface area contributed by atoms with Gasteiger partial charge in [-0.25, -0.2) is 15.0 Å². The van der Waals surface area contributed by atoms with E-state index >= 15 is 0 Å². The fourth-order valence-corrected chi connectivity index (χ4v) is 5.05. The molecule has 1 aliphatic heterocycles. The number of nitrogens with zero attached hydrogens (tertiary/aromatic N) is 5. The Kier molecular flexibility index (Phi) is 6.86. The van der Waals surface area contributed by atoms with Gasteiger partial charge in [-0.15, -0.1) is 0 Å². The molecule has 198 valence electrons. The third-order valence-corrected chi connectivity index (χ3v) is 7.20. The lowest BCUT2D eigenvalue weighted by atomic mass is 10.1. The monoisotopic (exact) mass is 541 g/mol. The highest BCUT2D eigenvalue weighted by Crippen LogP contribution is 2.28. The lowest BCUT2D eigenvalue weighted by Crippen LogP contribution is -2.35. The number of aromatic nitrogens is 4. The normalized spacial score (nSPS) is 14.1. The number of amides is 1. The van der Waals surface area contributed by atoms with Gasteiger partial charge in [0, 0.05) is 49.6 Å². The highest BCUT2D eigenvalue weighted by atomic mass is 35.5. The zero-order valence-corrected chi connectivity index (χ0v) is 22.5. The molecule has 39 heavy (non-hydrogen) atoms. The fourth-order valence-electron chi connectivity index (χ4n) is 4.83. The molecule has 0 radical (unpaired) electrons. The van der Waals surface area contributed by atoms with Gasteiger partial charge in [-0.3, -0.25) is 9.69 Å². The van der Waals surface area contributed by atoms with Crippen molar-refractivity contribution in [2.45, 2.75) is 13.5 Å². The highest BCUT2D eigenvalue weighted by molar-refractivity contribution is 6.35. The molecule has 1 amide bonds. The summed E-state index contributed by atoms with van der Waals surface area (Å²) in [6.07, 6.45) is 1.72. The van der Waals surface area contributed by atoms with Gasteiger partial charge < -0.3 is 19.9 Å². The maximum atomic E-state index is 13.8. The number of ether oxygens (including phenoxy) is 1. The molecule has 0 spiro atoms. The van der Waals surface area contributed by atoms with Crippen molar-refractivity contribution >= 4 is 56.8 Å². The summed E-state index contributed by atoms with van der Waals surface area (Å²) in [4.78, 5) is 34.6. The number of H-pyrrole nitrogens is 1. The third-order valence-electron chi connectivity index (χ3n) is 6.89. The fraction of sp³-hybridized carbons (Fsp3) is 0.241. The number of morpholine rings is 1. The van der Waals surface area contributed by atoms with Crippen LogP contribution in [0, 0.1) is 6.92 Å². The van der Waals surface area contributed by atoms with E-state index in [1.165, 1.54) is 5.56 Å². The number of carbonyl (C=O) groups excluding carboxylic acids is 1. The summed E-state index contributed by atoms with van der Waals surface area (Å²) in [6, 6.07) is 17.4. The van der Waals surface area contributed by atoms with Crippen LogP contribution in [0.3, 0.4) is 0 Å². The number of nitrogens with one attached hydrogen (secondary N) is 2. The Morgan fingerprint density at radius 1 is 1.10 bits per heavy atom. The summed E-state index contributed by atoms with van der Waals surface area (Å²) in [5.41, 5.74) is 5.15. The molecule has 1 aliphatic rings. The zero-order chi connectivity index (χ0) is 26.9. The number of rotatable bonds is 6. The first-order valence-corrected chi connectivity index (χ1v) is 13.2. The smallest absolute Gasteiger partial charge is 0.260 e. The van der Waals surface area contributed by atoms with Gasteiger partial charge in [0.25, 0.3) is 5.91 Å². The number of anilines is 3. The molecule has 0 saturated carbocycles. The van der Waals surface area contributed by atoms with Gasteiger partial charge in [0.1, 0.15) is 11.3 Å². The quantitative estimate of drug-likeness (QED) is 0.300. The van der Waals surface area contributed by atoms with Gasteiger partial charge >= 0.3 is 0 Å². The number of benzene rings is 3. The van der Waals surface area contributed by atoms with Gasteiger partial charge in [-0.05, 0) is 42.8 Å². The molecule has 0 aliphatic carbocycles. The molecular weight excluding hydrogens is 514 g/mol. The minimum Gasteiger partial charge on any atom is -0.379 e. The van der Waals surface area contributed by atoms with Crippen molar-refractivity contribution < 1.29 is 9.53 Å². The molecule has 6 rings (SSSR count). The van der Waals surface area contributed by atoms with E-state index in [1.807, 2.05) is 37.3 Å². The van der Waals surface area contributed by atoms with Crippen molar-refractivity contribution in [3.05, 3.63) is 82.8 Å². The van der Waals surface area contributed by atoms with Crippen molar-refractivity contribution in [3.63, 3.8) is 0 Å². The Morgan fingerprint density at radius 3 is 2.69 bits per heavy atom. The molecule has 0 atom stereocenters. The Hall–Kier alpha value is -4.05. The van der Waals surface area contributed by atoms with Gasteiger partial charge in [-0.1, -0.05) is 35.9 Å². The summed E-state index contributed by atoms with van der Waals surface area (Å²) in [5, 5.41) is 4.63. The lowest BCUT2D eigenvalue weighted by Gasteiger charge is -2.26. The van der Waals surface area contributed by atoms with Gasteiger partial charge in [-0.2, -0.15) is 0 Å². The second-order valence-corrected chi connectivity index (χ2v) is 10.1. The number of aromatic amines is 1. The van der Waals surface area contributed by atoms with Crippen molar-refractivity contribution in [2.24, 2.45) is 0 Å². The maximum Gasteiger partial charge on any atom is 0.260 e. The zero-order valence-electron chi connectivity index (χ0n) is 21.7. The standard InChI is InChI=1S/C29H28ClN7O2/c1-18-32-25-15-21(34-29-31-16-20-4-3-5-24(30)26(20)35-29)14-23(27(25)33-18)28(38)36(2)22-8-6-19(7-9-22)17-37-10-12-39-13-11-37/h3-9,14-16H,10-13,17H2,1-2H3,(H,32,33)(H,31,34,35). The second-order valence-electron chi connectivity index (χ2n) is 9.66. The SMILES string of the molecule is Cc1nc2c(C(=O)N(C)c3ccc(CN4CCOCC4)cc3)cc(Nc3ncc4cccc(Cl)c4n3)cc2[nH]1. The van der Waals surface area contributed by atoms with Crippen LogP contribution in [-0.4, -0.2) is 64.1 Å². The summed E-state index contributed by atoms with van der Waals surface area (Å²) in [5.74, 6) is 0.937. The molecule has 2 aromatic heterocycles. The van der Waals surface area contributed by atoms with Crippen molar-refractivity contribution in [2.75, 3.05) is 43.6 Å². The number of hydrogen-bond acceptors (Lipinski definition) is 7. The molecule has 3 aromatic carbocycles. The van der Waals surface area contributed by atoms with Crippen LogP contribution in [0.15, 0.2) is 60.8 Å². The minimum atomic E-state index is -0.168. The highest BCUT2D eigenvalue weighted by Gasteiger charge is 2.20. The van der Waals surface area contributed by atoms with Crippen LogP contribution in [0.5, 0.6) is 0 Å². The summed E-state index contributed by atoms with van der Waals surface area (Å²) < 4.78 is 5.44. The average Bonchev–Trinajstić information content (AvgIpc) is 3.33. The van der Waals surface area contributed by atoms with E-state index in [9.17, 15) is 4.79 Å². The van der Waals surface area contributed by atoms with E-state index in [-0.39, 0.29) is 5.91 Å². The van der Waals surface area contributed by atoms with E-state index in [4.69, 9.17) is 16.3 Å². The van der Waals surface area contributed by atoms with Gasteiger partial charge in [0.2, 0.25) is 5.95 Å². The van der Waals surface area contributed by atoms with Crippen LogP contribution in [0.2, 0.25) is 5.02 Å². The predicted molar refractivity (Wildman–Crippen MR) is 154 cm³/mol. The number of imidazole rings is 1. The van der Waals surface area contributed by atoms with Gasteiger partial charge in [0.05, 0.1) is 34.8 Å². The first kappa shape index (κ1) is 25.2. The van der Waals surface area contributed by atoms with E-state index in [0.29, 0.717) is 33.3 Å². The van der Waals surface area contributed by atoms with Crippen LogP contribution in [-0.2, 0) is 11.3 Å². The number of para-hydroxylation sites is 1. The number of carbonyl (C=O) groups is 1. The molecule has 10 heteroatoms. The van der Waals surface area contributed by atoms with Gasteiger partial charge in [0.15, 0.2) is 0 Å². The Morgan fingerprint density at radius 2 is 1.90 bits per heavy atom. The molecule has 1 saturated heterocycles. The molecule has 9 nitrogen and oxygen atoms in total. The molecule has 5 aromatic rings. The molecular formula is C29H28ClN7O2. The largest absolute Gasteiger partial charge is 0.379 e. The number of fused-ring (bicyclic) bond motifs is 2. The minimum absolute atomic E-state index is 0.168. The van der Waals surface area contributed by atoms with Crippen molar-refractivity contribution in [1.82, 2.24) is 24.8 Å². The van der Waals surface area contributed by atoms with Crippen molar-refractivity contribution in [1.29, 1.82) is 0 Å². The Bertz CT molecular complexity index is 1660. The first-order chi connectivity index (χ1) is 18.9. The van der Waals surface area contributed by atoms with Crippen LogP contribution in [0.4, 0.5) is 17.3 Å². The Balaban J connectivity index is 1.27. The van der Waals surface area contributed by atoms with Crippen LogP contribution in [0.25, 0.3) is 21.9 Å². The van der Waals surface area contributed by atoms with Crippen LogP contribution in [0.1, 0.15) is 21.7 Å². The molecule has 2 N–H and O–H groups in total. The van der Waals surface area contributed by atoms with E-state index in [2.05, 4.69) is 42.3 Å². The maximum absolute atomic E-state index is 13.8. The number of aryl methyl sites for hydroxylation is 1. The summed E-state index contributed by atoms with van der Waals surface area (Å²) in [6.45, 7) is 6.13. The lowest BCUT2D eigenvalue weighted by molar-refractivity contribution is 0.0342.